The van der Waals surface area contributed by atoms with E-state index in [1.807, 2.05) is 45.9 Å². The molecule has 0 fully saturated rings. The number of para-hydroxylation sites is 2. The first-order valence-corrected chi connectivity index (χ1v) is 13.4. The van der Waals surface area contributed by atoms with Gasteiger partial charge in [-0.15, -0.1) is 5.10 Å². The lowest BCUT2D eigenvalue weighted by molar-refractivity contribution is -0.113. The number of allylic oxidation sites excluding steroid dienone is 1. The number of carbonyl (C=O) groups is 1. The average Bonchev–Trinajstić information content (AvgIpc) is 3.24. The summed E-state index contributed by atoms with van der Waals surface area (Å²) in [6, 6.07) is 10.2. The molecular weight excluding hydrogens is 546 g/mol. The van der Waals surface area contributed by atoms with E-state index in [9.17, 15) is 9.90 Å². The highest BCUT2D eigenvalue weighted by atomic mass is 79.9. The number of hydrogen-bond acceptors (Lipinski definition) is 8. The molecule has 1 atom stereocenters. The van der Waals surface area contributed by atoms with Crippen molar-refractivity contribution in [1.82, 2.24) is 14.8 Å². The van der Waals surface area contributed by atoms with Crippen LogP contribution in [0, 0.1) is 0 Å². The number of thioether (sulfide) groups is 1. The summed E-state index contributed by atoms with van der Waals surface area (Å²) < 4.78 is 13.5. The summed E-state index contributed by atoms with van der Waals surface area (Å²) in [6.07, 6.45) is 0. The first kappa shape index (κ1) is 25.9. The van der Waals surface area contributed by atoms with Gasteiger partial charge in [0.2, 0.25) is 11.1 Å². The minimum Gasteiger partial charge on any atom is -0.503 e. The Hall–Kier alpha value is -3.18. The lowest BCUT2D eigenvalue weighted by atomic mass is 9.94. The third kappa shape index (κ3) is 5.17. The number of benzene rings is 2. The Morgan fingerprint density at radius 2 is 1.92 bits per heavy atom. The monoisotopic (exact) mass is 573 g/mol. The number of rotatable bonds is 9. The molecule has 3 N–H and O–H groups in total. The molecule has 2 aromatic carbocycles. The first-order chi connectivity index (χ1) is 17.4. The van der Waals surface area contributed by atoms with E-state index in [1.54, 1.807) is 22.9 Å². The fourth-order valence-electron chi connectivity index (χ4n) is 3.98. The van der Waals surface area contributed by atoms with Crippen LogP contribution in [-0.4, -0.2) is 44.7 Å². The van der Waals surface area contributed by atoms with Gasteiger partial charge < -0.3 is 25.2 Å². The maximum Gasteiger partial charge on any atom is 0.255 e. The average molecular weight is 575 g/mol. The molecule has 4 rings (SSSR count). The van der Waals surface area contributed by atoms with Crippen LogP contribution in [-0.2, 0) is 4.79 Å². The summed E-state index contributed by atoms with van der Waals surface area (Å²) in [6.45, 7) is 8.44. The highest BCUT2D eigenvalue weighted by Crippen LogP contribution is 2.43. The molecule has 11 heteroatoms. The van der Waals surface area contributed by atoms with E-state index < -0.39 is 6.04 Å². The molecule has 1 aliphatic rings. The number of nitrogens with zero attached hydrogens (tertiary/aromatic N) is 3. The zero-order valence-electron chi connectivity index (χ0n) is 20.5. The van der Waals surface area contributed by atoms with Crippen LogP contribution in [0.5, 0.6) is 17.2 Å². The highest BCUT2D eigenvalue weighted by molar-refractivity contribution is 9.10. The van der Waals surface area contributed by atoms with Crippen molar-refractivity contribution in [1.29, 1.82) is 0 Å². The molecule has 36 heavy (non-hydrogen) atoms. The van der Waals surface area contributed by atoms with Crippen LogP contribution < -0.4 is 20.1 Å². The van der Waals surface area contributed by atoms with Gasteiger partial charge >= 0.3 is 0 Å². The van der Waals surface area contributed by atoms with Crippen LogP contribution in [0.25, 0.3) is 0 Å². The summed E-state index contributed by atoms with van der Waals surface area (Å²) in [7, 11) is 0. The number of fused-ring (bicyclic) bond motifs is 1. The quantitative estimate of drug-likeness (QED) is 0.284. The molecule has 190 valence electrons. The van der Waals surface area contributed by atoms with E-state index in [1.165, 1.54) is 11.8 Å². The third-order valence-electron chi connectivity index (χ3n) is 5.45. The fourth-order valence-corrected chi connectivity index (χ4v) is 5.00. The van der Waals surface area contributed by atoms with Gasteiger partial charge in [-0.25, -0.2) is 4.68 Å². The fraction of sp³-hybridized carbons (Fsp3) is 0.320. The minimum absolute atomic E-state index is 0.00656. The molecule has 3 aromatic rings. The van der Waals surface area contributed by atoms with Crippen molar-refractivity contribution in [3.05, 3.63) is 57.7 Å². The number of amides is 1. The van der Waals surface area contributed by atoms with Gasteiger partial charge in [-0.05, 0) is 72.3 Å². The van der Waals surface area contributed by atoms with Crippen molar-refractivity contribution in [2.24, 2.45) is 0 Å². The second kappa shape index (κ2) is 11.3. The minimum atomic E-state index is -0.629. The molecule has 1 aromatic heterocycles. The summed E-state index contributed by atoms with van der Waals surface area (Å²) in [5, 5.41) is 22.0. The van der Waals surface area contributed by atoms with Crippen LogP contribution in [0.3, 0.4) is 0 Å². The number of ether oxygens (including phenoxy) is 2. The van der Waals surface area contributed by atoms with Gasteiger partial charge in [-0.2, -0.15) is 4.98 Å². The van der Waals surface area contributed by atoms with Gasteiger partial charge in [0, 0.05) is 5.70 Å². The number of nitrogens with one attached hydrogen (secondary N) is 2. The van der Waals surface area contributed by atoms with Crippen molar-refractivity contribution < 1.29 is 19.4 Å². The van der Waals surface area contributed by atoms with Crippen molar-refractivity contribution >= 4 is 45.2 Å². The molecule has 0 bridgehead atoms. The van der Waals surface area contributed by atoms with E-state index in [-0.39, 0.29) is 11.7 Å². The Bertz CT molecular complexity index is 1310. The molecule has 1 unspecified atom stereocenters. The molecule has 0 saturated carbocycles. The zero-order valence-corrected chi connectivity index (χ0v) is 22.9. The maximum absolute atomic E-state index is 13.8. The summed E-state index contributed by atoms with van der Waals surface area (Å²) >= 11 is 4.94. The van der Waals surface area contributed by atoms with Gasteiger partial charge in [0.05, 0.1) is 28.9 Å². The van der Waals surface area contributed by atoms with E-state index in [0.29, 0.717) is 62.8 Å². The van der Waals surface area contributed by atoms with Crippen LogP contribution in [0.4, 0.5) is 11.6 Å². The lowest BCUT2D eigenvalue weighted by Gasteiger charge is -2.29. The number of carbonyl (C=O) groups excluding carboxylic acids is 1. The van der Waals surface area contributed by atoms with Crippen molar-refractivity contribution in [2.75, 3.05) is 29.6 Å². The SMILES string of the molecule is CCOc1ccccc1NC(=O)C1=C(C)Nc2nc(SCC)nn2C1c1cc(Br)c(O)c(OCC)c1. The molecular formula is C25H28BrN5O4S. The number of halogens is 1. The summed E-state index contributed by atoms with van der Waals surface area (Å²) in [4.78, 5) is 18.4. The standard InChI is InChI=1S/C25H28BrN5O4S/c1-5-34-18-11-9-8-10-17(18)28-23(33)20-14(4)27-24-29-25(36-7-3)30-31(24)21(20)15-12-16(26)22(32)19(13-15)35-6-2/h8-13,21,32H,5-7H2,1-4H3,(H,28,33)(H,27,29,30). The summed E-state index contributed by atoms with van der Waals surface area (Å²) in [5.41, 5.74) is 2.36. The van der Waals surface area contributed by atoms with E-state index in [4.69, 9.17) is 14.6 Å². The van der Waals surface area contributed by atoms with Crippen LogP contribution in [0.15, 0.2) is 57.3 Å². The van der Waals surface area contributed by atoms with Crippen LogP contribution in [0.1, 0.15) is 39.3 Å². The molecule has 1 amide bonds. The van der Waals surface area contributed by atoms with E-state index in [0.717, 1.165) is 5.75 Å². The van der Waals surface area contributed by atoms with E-state index >= 15 is 0 Å². The lowest BCUT2D eigenvalue weighted by Crippen LogP contribution is -2.31. The molecule has 2 heterocycles. The number of anilines is 2. The van der Waals surface area contributed by atoms with Gasteiger partial charge in [0.25, 0.3) is 5.91 Å². The maximum atomic E-state index is 13.8. The number of hydrogen-bond donors (Lipinski definition) is 3. The second-order valence-corrected chi connectivity index (χ2v) is 9.91. The normalized spacial score (nSPS) is 14.8. The Balaban J connectivity index is 1.83. The highest BCUT2D eigenvalue weighted by Gasteiger charge is 2.35. The molecule has 0 aliphatic carbocycles. The van der Waals surface area contributed by atoms with Gasteiger partial charge in [0.15, 0.2) is 11.5 Å². The number of aromatic nitrogens is 3. The summed E-state index contributed by atoms with van der Waals surface area (Å²) in [5.74, 6) is 1.91. The molecule has 0 spiro atoms. The van der Waals surface area contributed by atoms with Crippen molar-refractivity contribution in [2.45, 2.75) is 38.9 Å². The Morgan fingerprint density at radius 1 is 1.19 bits per heavy atom. The number of phenolic OH excluding ortho intramolecular Hbond substituents is 1. The zero-order chi connectivity index (χ0) is 25.8. The van der Waals surface area contributed by atoms with E-state index in [2.05, 4.69) is 31.5 Å². The largest absolute Gasteiger partial charge is 0.503 e. The Kier molecular flexibility index (Phi) is 8.10. The number of aromatic hydroxyl groups is 1. The second-order valence-electron chi connectivity index (χ2n) is 7.83. The molecule has 1 aliphatic heterocycles. The predicted octanol–water partition coefficient (Wildman–Crippen LogP) is 5.58. The van der Waals surface area contributed by atoms with Gasteiger partial charge in [-0.3, -0.25) is 4.79 Å². The molecule has 0 radical (unpaired) electrons. The Morgan fingerprint density at radius 3 is 2.64 bits per heavy atom. The van der Waals surface area contributed by atoms with Crippen molar-refractivity contribution in [3.63, 3.8) is 0 Å². The van der Waals surface area contributed by atoms with Gasteiger partial charge in [0.1, 0.15) is 11.8 Å². The Labute approximate surface area is 222 Å². The third-order valence-corrected chi connectivity index (χ3v) is 6.78. The van der Waals surface area contributed by atoms with Gasteiger partial charge in [-0.1, -0.05) is 30.8 Å². The molecule has 9 nitrogen and oxygen atoms in total. The van der Waals surface area contributed by atoms with Crippen LogP contribution >= 0.6 is 27.7 Å². The first-order valence-electron chi connectivity index (χ1n) is 11.6. The van der Waals surface area contributed by atoms with Crippen LogP contribution in [0.2, 0.25) is 0 Å². The number of phenols is 1. The smallest absolute Gasteiger partial charge is 0.255 e. The van der Waals surface area contributed by atoms with Crippen molar-refractivity contribution in [3.8, 4) is 17.2 Å². The topological polar surface area (TPSA) is 111 Å². The predicted molar refractivity (Wildman–Crippen MR) is 144 cm³/mol. The molecule has 0 saturated heterocycles.